The topological polar surface area (TPSA) is 59.9 Å². The van der Waals surface area contributed by atoms with Gasteiger partial charge in [-0.25, -0.2) is 9.97 Å². The SMILES string of the molecule is CNCc1cnc(Oc2cnc3ccccc3c2)nc1. The molecule has 0 bridgehead atoms. The van der Waals surface area contributed by atoms with Gasteiger partial charge in [0.1, 0.15) is 5.75 Å². The Morgan fingerprint density at radius 3 is 2.65 bits per heavy atom. The van der Waals surface area contributed by atoms with Gasteiger partial charge in [-0.2, -0.15) is 0 Å². The summed E-state index contributed by atoms with van der Waals surface area (Å²) < 4.78 is 5.61. The second-order valence-electron chi connectivity index (χ2n) is 4.37. The standard InChI is InChI=1S/C15H14N4O/c1-16-7-11-8-18-15(19-9-11)20-13-6-12-4-2-3-5-14(12)17-10-13/h2-6,8-10,16H,7H2,1H3. The first-order chi connectivity index (χ1) is 9.85. The number of hydrogen-bond acceptors (Lipinski definition) is 5. The van der Waals surface area contributed by atoms with E-state index in [1.807, 2.05) is 37.4 Å². The number of pyridine rings is 1. The Hall–Kier alpha value is -2.53. The summed E-state index contributed by atoms with van der Waals surface area (Å²) >= 11 is 0. The summed E-state index contributed by atoms with van der Waals surface area (Å²) in [6.07, 6.45) is 5.16. The minimum absolute atomic E-state index is 0.321. The molecular formula is C15H14N4O. The third-order valence-corrected chi connectivity index (χ3v) is 2.84. The van der Waals surface area contributed by atoms with Crippen molar-refractivity contribution in [1.82, 2.24) is 20.3 Å². The van der Waals surface area contributed by atoms with Crippen molar-refractivity contribution in [3.05, 3.63) is 54.5 Å². The lowest BCUT2D eigenvalue weighted by Gasteiger charge is -2.05. The Labute approximate surface area is 116 Å². The summed E-state index contributed by atoms with van der Waals surface area (Å²) in [6, 6.07) is 10.1. The van der Waals surface area contributed by atoms with Gasteiger partial charge in [0.05, 0.1) is 11.7 Å². The number of ether oxygens (including phenoxy) is 1. The molecule has 0 amide bonds. The van der Waals surface area contributed by atoms with E-state index in [0.717, 1.165) is 23.0 Å². The highest BCUT2D eigenvalue weighted by Crippen LogP contribution is 2.21. The van der Waals surface area contributed by atoms with Crippen LogP contribution in [0, 0.1) is 0 Å². The Kier molecular flexibility index (Phi) is 3.52. The minimum atomic E-state index is 0.321. The van der Waals surface area contributed by atoms with E-state index in [2.05, 4.69) is 20.3 Å². The second kappa shape index (κ2) is 5.63. The summed E-state index contributed by atoms with van der Waals surface area (Å²) in [5.74, 6) is 0.630. The molecule has 1 N–H and O–H groups in total. The summed E-state index contributed by atoms with van der Waals surface area (Å²) in [5, 5.41) is 4.07. The molecule has 0 unspecified atom stereocenters. The molecule has 0 saturated heterocycles. The monoisotopic (exact) mass is 266 g/mol. The number of nitrogens with zero attached hydrogens (tertiary/aromatic N) is 3. The van der Waals surface area contributed by atoms with Crippen LogP contribution in [-0.4, -0.2) is 22.0 Å². The molecule has 2 heterocycles. The first-order valence-electron chi connectivity index (χ1n) is 6.33. The average Bonchev–Trinajstić information content (AvgIpc) is 2.49. The zero-order valence-corrected chi connectivity index (χ0v) is 11.1. The molecule has 5 heteroatoms. The molecule has 0 radical (unpaired) electrons. The number of benzene rings is 1. The van der Waals surface area contributed by atoms with Crippen LogP contribution in [0.3, 0.4) is 0 Å². The summed E-state index contributed by atoms with van der Waals surface area (Å²) in [7, 11) is 1.88. The van der Waals surface area contributed by atoms with Crippen molar-refractivity contribution >= 4 is 10.9 Å². The van der Waals surface area contributed by atoms with Gasteiger partial charge in [-0.05, 0) is 19.2 Å². The van der Waals surface area contributed by atoms with E-state index in [4.69, 9.17) is 4.74 Å². The largest absolute Gasteiger partial charge is 0.423 e. The van der Waals surface area contributed by atoms with Crippen molar-refractivity contribution in [2.24, 2.45) is 0 Å². The third kappa shape index (κ3) is 2.73. The van der Waals surface area contributed by atoms with Gasteiger partial charge in [-0.3, -0.25) is 4.98 Å². The van der Waals surface area contributed by atoms with Crippen molar-refractivity contribution in [2.75, 3.05) is 7.05 Å². The molecule has 3 rings (SSSR count). The normalized spacial score (nSPS) is 10.7. The quantitative estimate of drug-likeness (QED) is 0.786. The van der Waals surface area contributed by atoms with Crippen molar-refractivity contribution in [3.63, 3.8) is 0 Å². The van der Waals surface area contributed by atoms with Crippen LogP contribution in [0.2, 0.25) is 0 Å². The van der Waals surface area contributed by atoms with E-state index in [-0.39, 0.29) is 0 Å². The van der Waals surface area contributed by atoms with Crippen LogP contribution in [-0.2, 0) is 6.54 Å². The molecule has 0 fully saturated rings. The predicted molar refractivity (Wildman–Crippen MR) is 76.6 cm³/mol. The number of fused-ring (bicyclic) bond motifs is 1. The highest BCUT2D eigenvalue weighted by Gasteiger charge is 2.03. The van der Waals surface area contributed by atoms with Gasteiger partial charge in [-0.1, -0.05) is 18.2 Å². The fourth-order valence-electron chi connectivity index (χ4n) is 1.90. The van der Waals surface area contributed by atoms with Gasteiger partial charge in [0.2, 0.25) is 0 Å². The fourth-order valence-corrected chi connectivity index (χ4v) is 1.90. The number of nitrogens with one attached hydrogen (secondary N) is 1. The lowest BCUT2D eigenvalue weighted by molar-refractivity contribution is 0.439. The Bertz CT molecular complexity index is 712. The van der Waals surface area contributed by atoms with Crippen LogP contribution >= 0.6 is 0 Å². The van der Waals surface area contributed by atoms with Gasteiger partial charge in [0.15, 0.2) is 0 Å². The van der Waals surface area contributed by atoms with Crippen molar-refractivity contribution < 1.29 is 4.74 Å². The Balaban J connectivity index is 1.81. The molecule has 0 spiro atoms. The number of para-hydroxylation sites is 1. The second-order valence-corrected chi connectivity index (χ2v) is 4.37. The van der Waals surface area contributed by atoms with Crippen LogP contribution < -0.4 is 10.1 Å². The first kappa shape index (κ1) is 12.5. The Morgan fingerprint density at radius 2 is 1.85 bits per heavy atom. The summed E-state index contributed by atoms with van der Waals surface area (Å²) in [5.41, 5.74) is 1.95. The van der Waals surface area contributed by atoms with Crippen LogP contribution in [0.4, 0.5) is 0 Å². The zero-order valence-electron chi connectivity index (χ0n) is 11.1. The first-order valence-corrected chi connectivity index (χ1v) is 6.33. The molecule has 0 atom stereocenters. The number of rotatable bonds is 4. The molecule has 0 aliphatic rings. The summed E-state index contributed by atoms with van der Waals surface area (Å²) in [6.45, 7) is 0.734. The smallest absolute Gasteiger partial charge is 0.321 e. The Morgan fingerprint density at radius 1 is 1.05 bits per heavy atom. The highest BCUT2D eigenvalue weighted by atomic mass is 16.5. The van der Waals surface area contributed by atoms with E-state index >= 15 is 0 Å². The zero-order chi connectivity index (χ0) is 13.8. The molecule has 0 aliphatic heterocycles. The van der Waals surface area contributed by atoms with Crippen LogP contribution in [0.5, 0.6) is 11.8 Å². The number of aromatic nitrogens is 3. The average molecular weight is 266 g/mol. The van der Waals surface area contributed by atoms with E-state index in [1.165, 1.54) is 0 Å². The van der Waals surface area contributed by atoms with Crippen molar-refractivity contribution in [1.29, 1.82) is 0 Å². The van der Waals surface area contributed by atoms with Gasteiger partial charge in [-0.15, -0.1) is 0 Å². The van der Waals surface area contributed by atoms with Crippen LogP contribution in [0.15, 0.2) is 48.9 Å². The fraction of sp³-hybridized carbons (Fsp3) is 0.133. The maximum absolute atomic E-state index is 5.61. The van der Waals surface area contributed by atoms with E-state index in [0.29, 0.717) is 11.8 Å². The van der Waals surface area contributed by atoms with Crippen molar-refractivity contribution in [3.8, 4) is 11.8 Å². The van der Waals surface area contributed by atoms with Crippen LogP contribution in [0.1, 0.15) is 5.56 Å². The van der Waals surface area contributed by atoms with E-state index < -0.39 is 0 Å². The van der Waals surface area contributed by atoms with Crippen LogP contribution in [0.25, 0.3) is 10.9 Å². The van der Waals surface area contributed by atoms with Gasteiger partial charge in [0, 0.05) is 29.9 Å². The maximum atomic E-state index is 5.61. The molecule has 5 nitrogen and oxygen atoms in total. The van der Waals surface area contributed by atoms with Crippen molar-refractivity contribution in [2.45, 2.75) is 6.54 Å². The summed E-state index contributed by atoms with van der Waals surface area (Å²) in [4.78, 5) is 12.7. The minimum Gasteiger partial charge on any atom is -0.423 e. The lowest BCUT2D eigenvalue weighted by atomic mass is 10.2. The molecular weight excluding hydrogens is 252 g/mol. The molecule has 100 valence electrons. The molecule has 0 aliphatic carbocycles. The predicted octanol–water partition coefficient (Wildman–Crippen LogP) is 2.54. The van der Waals surface area contributed by atoms with Gasteiger partial charge >= 0.3 is 6.01 Å². The van der Waals surface area contributed by atoms with Gasteiger partial charge < -0.3 is 10.1 Å². The third-order valence-electron chi connectivity index (χ3n) is 2.84. The lowest BCUT2D eigenvalue weighted by Crippen LogP contribution is -2.06. The highest BCUT2D eigenvalue weighted by molar-refractivity contribution is 5.79. The van der Waals surface area contributed by atoms with E-state index in [9.17, 15) is 0 Å². The maximum Gasteiger partial charge on any atom is 0.321 e. The molecule has 20 heavy (non-hydrogen) atoms. The van der Waals surface area contributed by atoms with E-state index in [1.54, 1.807) is 18.6 Å². The molecule has 1 aromatic carbocycles. The molecule has 2 aromatic heterocycles. The van der Waals surface area contributed by atoms with Gasteiger partial charge in [0.25, 0.3) is 0 Å². The molecule has 3 aromatic rings. The number of hydrogen-bond donors (Lipinski definition) is 1. The molecule has 0 saturated carbocycles.